The predicted octanol–water partition coefficient (Wildman–Crippen LogP) is 2.14. The summed E-state index contributed by atoms with van der Waals surface area (Å²) >= 11 is 0. The molecular weight excluding hydrogens is 333 g/mol. The minimum absolute atomic E-state index is 0.340. The lowest BCUT2D eigenvalue weighted by atomic mass is 10.1. The van der Waals surface area contributed by atoms with Crippen molar-refractivity contribution in [2.24, 2.45) is 0 Å². The highest BCUT2D eigenvalue weighted by Crippen LogP contribution is 2.26. The number of hydrogen-bond donors (Lipinski definition) is 1. The molecule has 24 heavy (non-hydrogen) atoms. The summed E-state index contributed by atoms with van der Waals surface area (Å²) in [7, 11) is -4.09. The smallest absolute Gasteiger partial charge is 0.261 e. The topological polar surface area (TPSA) is 86.3 Å². The average molecular weight is 344 g/mol. The van der Waals surface area contributed by atoms with Crippen molar-refractivity contribution in [3.05, 3.63) is 72.0 Å². The minimum atomic E-state index is -4.09. The summed E-state index contributed by atoms with van der Waals surface area (Å²) in [5.41, 5.74) is -0.469. The molecule has 0 bridgehead atoms. The maximum atomic E-state index is 13.4. The number of carboxylic acids is 1. The minimum Gasteiger partial charge on any atom is -0.545 e. The van der Waals surface area contributed by atoms with Gasteiger partial charge in [-0.15, -0.1) is 0 Å². The van der Waals surface area contributed by atoms with Gasteiger partial charge in [0.05, 0.1) is 16.6 Å². The van der Waals surface area contributed by atoms with Crippen LogP contribution in [0.2, 0.25) is 0 Å². The van der Waals surface area contributed by atoms with Gasteiger partial charge in [0.2, 0.25) is 0 Å². The van der Waals surface area contributed by atoms with Crippen molar-refractivity contribution in [2.75, 3.05) is 4.72 Å². The van der Waals surface area contributed by atoms with Crippen LogP contribution < -0.4 is 9.83 Å². The highest BCUT2D eigenvalue weighted by molar-refractivity contribution is 7.92. The van der Waals surface area contributed by atoms with E-state index in [0.29, 0.717) is 11.1 Å². The number of carboxylic acid groups (broad SMARTS) is 1. The molecule has 0 heterocycles. The van der Waals surface area contributed by atoms with E-state index in [2.05, 4.69) is 4.72 Å². The van der Waals surface area contributed by atoms with E-state index in [1.807, 2.05) is 18.2 Å². The zero-order valence-corrected chi connectivity index (χ0v) is 13.0. The second-order valence-electron chi connectivity index (χ2n) is 5.06. The van der Waals surface area contributed by atoms with Gasteiger partial charge in [0.25, 0.3) is 10.0 Å². The van der Waals surface area contributed by atoms with E-state index in [4.69, 9.17) is 0 Å². The zero-order chi connectivity index (χ0) is 17.3. The van der Waals surface area contributed by atoms with Crippen LogP contribution in [0.5, 0.6) is 0 Å². The van der Waals surface area contributed by atoms with Crippen LogP contribution in [-0.4, -0.2) is 14.4 Å². The Hall–Kier alpha value is -2.93. The van der Waals surface area contributed by atoms with Crippen LogP contribution in [0.3, 0.4) is 0 Å². The van der Waals surface area contributed by atoms with Gasteiger partial charge in [-0.3, -0.25) is 4.72 Å². The van der Waals surface area contributed by atoms with Gasteiger partial charge in [-0.2, -0.15) is 0 Å². The Morgan fingerprint density at radius 1 is 1.00 bits per heavy atom. The third-order valence-corrected chi connectivity index (χ3v) is 4.87. The van der Waals surface area contributed by atoms with Crippen LogP contribution in [-0.2, 0) is 10.0 Å². The fourth-order valence-corrected chi connectivity index (χ4v) is 3.45. The number of aromatic carboxylic acids is 1. The molecule has 0 aliphatic heterocycles. The Labute approximate surface area is 137 Å². The van der Waals surface area contributed by atoms with Gasteiger partial charge in [0.1, 0.15) is 5.82 Å². The lowest BCUT2D eigenvalue weighted by Gasteiger charge is -2.12. The molecule has 0 aliphatic rings. The molecule has 0 unspecified atom stereocenters. The van der Waals surface area contributed by atoms with E-state index in [1.54, 1.807) is 24.3 Å². The summed E-state index contributed by atoms with van der Waals surface area (Å²) in [6.07, 6.45) is 0. The predicted molar refractivity (Wildman–Crippen MR) is 85.5 cm³/mol. The van der Waals surface area contributed by atoms with Gasteiger partial charge in [-0.25, -0.2) is 12.8 Å². The Kier molecular flexibility index (Phi) is 3.94. The Morgan fingerprint density at radius 2 is 1.71 bits per heavy atom. The molecule has 3 rings (SSSR count). The van der Waals surface area contributed by atoms with Crippen LogP contribution in [0.1, 0.15) is 10.4 Å². The van der Waals surface area contributed by atoms with Crippen LogP contribution in [0.25, 0.3) is 10.8 Å². The number of hydrogen-bond acceptors (Lipinski definition) is 4. The van der Waals surface area contributed by atoms with Gasteiger partial charge in [-0.1, -0.05) is 36.4 Å². The first-order valence-corrected chi connectivity index (χ1v) is 8.38. The van der Waals surface area contributed by atoms with Gasteiger partial charge in [0.15, 0.2) is 0 Å². The molecule has 7 heteroatoms. The van der Waals surface area contributed by atoms with Crippen molar-refractivity contribution < 1.29 is 22.7 Å². The molecule has 3 aromatic rings. The molecule has 0 saturated carbocycles. The third kappa shape index (κ3) is 2.93. The Balaban J connectivity index is 2.05. The lowest BCUT2D eigenvalue weighted by molar-refractivity contribution is -0.255. The van der Waals surface area contributed by atoms with Crippen molar-refractivity contribution in [3.8, 4) is 0 Å². The average Bonchev–Trinajstić information content (AvgIpc) is 2.55. The molecule has 0 aromatic heterocycles. The zero-order valence-electron chi connectivity index (χ0n) is 12.2. The van der Waals surface area contributed by atoms with Crippen LogP contribution in [0.4, 0.5) is 10.1 Å². The second kappa shape index (κ2) is 5.93. The van der Waals surface area contributed by atoms with Crippen molar-refractivity contribution in [1.29, 1.82) is 0 Å². The highest BCUT2D eigenvalue weighted by Gasteiger charge is 2.18. The first-order chi connectivity index (χ1) is 11.4. The summed E-state index contributed by atoms with van der Waals surface area (Å²) in [5, 5.41) is 12.4. The third-order valence-electron chi connectivity index (χ3n) is 3.50. The summed E-state index contributed by atoms with van der Waals surface area (Å²) < 4.78 is 40.8. The quantitative estimate of drug-likeness (QED) is 0.786. The number of nitrogens with one attached hydrogen (secondary N) is 1. The Morgan fingerprint density at radius 3 is 2.46 bits per heavy atom. The summed E-state index contributed by atoms with van der Waals surface area (Å²) in [4.78, 5) is 10.5. The Bertz CT molecular complexity index is 1040. The van der Waals surface area contributed by atoms with E-state index in [-0.39, 0.29) is 4.90 Å². The number of carbonyl (C=O) groups is 1. The first-order valence-electron chi connectivity index (χ1n) is 6.90. The van der Waals surface area contributed by atoms with Gasteiger partial charge in [-0.05, 0) is 29.7 Å². The monoisotopic (exact) mass is 344 g/mol. The van der Waals surface area contributed by atoms with E-state index in [1.165, 1.54) is 0 Å². The number of anilines is 1. The number of sulfonamides is 1. The fourth-order valence-electron chi connectivity index (χ4n) is 2.35. The first kappa shape index (κ1) is 15.9. The van der Waals surface area contributed by atoms with Crippen molar-refractivity contribution in [3.63, 3.8) is 0 Å². The molecule has 0 spiro atoms. The molecule has 0 atom stereocenters. The maximum absolute atomic E-state index is 13.4. The number of halogens is 1. The molecule has 3 aromatic carbocycles. The number of carbonyl (C=O) groups excluding carboxylic acids is 1. The standard InChI is InChI=1S/C17H12FNO4S/c18-15-9-8-12(10-14(15)17(20)21)24(22,23)19-16-7-3-5-11-4-1-2-6-13(11)16/h1-10,19H,(H,20,21)/p-1. The van der Waals surface area contributed by atoms with Gasteiger partial charge < -0.3 is 9.90 Å². The van der Waals surface area contributed by atoms with Crippen molar-refractivity contribution in [1.82, 2.24) is 0 Å². The second-order valence-corrected chi connectivity index (χ2v) is 6.74. The summed E-state index contributed by atoms with van der Waals surface area (Å²) in [6, 6.07) is 14.8. The molecule has 0 radical (unpaired) electrons. The lowest BCUT2D eigenvalue weighted by Crippen LogP contribution is -2.24. The molecular formula is C17H11FNO4S-. The molecule has 0 fully saturated rings. The molecule has 0 amide bonds. The van der Waals surface area contributed by atoms with E-state index in [0.717, 1.165) is 23.6 Å². The number of rotatable bonds is 4. The van der Waals surface area contributed by atoms with E-state index in [9.17, 15) is 22.7 Å². The molecule has 0 aliphatic carbocycles. The van der Waals surface area contributed by atoms with Crippen LogP contribution >= 0.6 is 0 Å². The molecule has 0 saturated heterocycles. The summed E-state index contributed by atoms with van der Waals surface area (Å²) in [5.74, 6) is -2.84. The number of benzene rings is 3. The number of fused-ring (bicyclic) bond motifs is 1. The molecule has 122 valence electrons. The normalized spacial score (nSPS) is 11.4. The maximum Gasteiger partial charge on any atom is 0.261 e. The van der Waals surface area contributed by atoms with E-state index < -0.39 is 27.4 Å². The fraction of sp³-hybridized carbons (Fsp3) is 0. The van der Waals surface area contributed by atoms with Gasteiger partial charge in [0, 0.05) is 10.9 Å². The van der Waals surface area contributed by atoms with Crippen molar-refractivity contribution >= 4 is 32.5 Å². The SMILES string of the molecule is O=C([O-])c1cc(S(=O)(=O)Nc2cccc3ccccc23)ccc1F. The van der Waals surface area contributed by atoms with E-state index >= 15 is 0 Å². The van der Waals surface area contributed by atoms with Crippen molar-refractivity contribution in [2.45, 2.75) is 4.90 Å². The van der Waals surface area contributed by atoms with Crippen LogP contribution in [0, 0.1) is 5.82 Å². The largest absolute Gasteiger partial charge is 0.545 e. The molecule has 1 N–H and O–H groups in total. The highest BCUT2D eigenvalue weighted by atomic mass is 32.2. The van der Waals surface area contributed by atoms with Gasteiger partial charge >= 0.3 is 0 Å². The molecule has 5 nitrogen and oxygen atoms in total. The summed E-state index contributed by atoms with van der Waals surface area (Å²) in [6.45, 7) is 0. The van der Waals surface area contributed by atoms with Crippen LogP contribution in [0.15, 0.2) is 65.6 Å².